The first kappa shape index (κ1) is 18.1. The molecule has 0 bridgehead atoms. The van der Waals surface area contributed by atoms with Crippen LogP contribution in [0.5, 0.6) is 0 Å². The Balaban J connectivity index is 5.04. The van der Waals surface area contributed by atoms with Crippen molar-refractivity contribution >= 4 is 16.6 Å². The van der Waals surface area contributed by atoms with Crippen LogP contribution in [-0.2, 0) is 18.9 Å². The second-order valence-corrected chi connectivity index (χ2v) is 16.5. The monoisotopic (exact) mass is 304 g/mol. The Labute approximate surface area is 120 Å². The molecule has 0 fully saturated rings. The number of hydrogen-bond acceptors (Lipinski definition) is 4. The highest BCUT2D eigenvalue weighted by Crippen LogP contribution is 2.15. The molecule has 0 aromatic rings. The zero-order valence-corrected chi connectivity index (χ0v) is 15.5. The van der Waals surface area contributed by atoms with Gasteiger partial charge in [0.15, 0.2) is 0 Å². The van der Waals surface area contributed by atoms with Gasteiger partial charge in [0.25, 0.3) is 0 Å². The fourth-order valence-corrected chi connectivity index (χ4v) is 7.52. The van der Waals surface area contributed by atoms with Gasteiger partial charge in [0, 0.05) is 0 Å². The lowest BCUT2D eigenvalue weighted by Gasteiger charge is -2.21. The van der Waals surface area contributed by atoms with Gasteiger partial charge in [-0.3, -0.25) is 0 Å². The molecule has 0 spiro atoms. The van der Waals surface area contributed by atoms with E-state index >= 15 is 0 Å². The molecular formula is C13H28O4Si2. The predicted molar refractivity (Wildman–Crippen MR) is 84.1 cm³/mol. The van der Waals surface area contributed by atoms with E-state index in [-0.39, 0.29) is 0 Å². The van der Waals surface area contributed by atoms with Crippen molar-refractivity contribution in [3.8, 4) is 0 Å². The third-order valence-electron chi connectivity index (χ3n) is 2.37. The largest absolute Gasteiger partial charge is 0.505 e. The summed E-state index contributed by atoms with van der Waals surface area (Å²) in [7, 11) is -0.367. The van der Waals surface area contributed by atoms with E-state index in [1.807, 2.05) is 20.8 Å². The Morgan fingerprint density at radius 2 is 1.53 bits per heavy atom. The van der Waals surface area contributed by atoms with Crippen molar-refractivity contribution in [2.75, 3.05) is 26.9 Å². The van der Waals surface area contributed by atoms with Gasteiger partial charge < -0.3 is 18.9 Å². The van der Waals surface area contributed by atoms with Gasteiger partial charge in [0.05, 0.1) is 40.8 Å². The lowest BCUT2D eigenvalue weighted by molar-refractivity contribution is 0.0286. The molecule has 0 amide bonds. The van der Waals surface area contributed by atoms with Crippen LogP contribution < -0.4 is 0 Å². The summed E-state index contributed by atoms with van der Waals surface area (Å²) in [5, 5.41) is 0.948. The first-order chi connectivity index (χ1) is 9.00. The summed E-state index contributed by atoms with van der Waals surface area (Å²) in [6.45, 7) is 12.3. The van der Waals surface area contributed by atoms with Gasteiger partial charge in [-0.2, -0.15) is 0 Å². The third-order valence-corrected chi connectivity index (χ3v) is 9.54. The van der Waals surface area contributed by atoms with Crippen LogP contribution in [0.25, 0.3) is 0 Å². The SMILES string of the molecule is CCOC(OCC)=C(OCC)[SiH2][Si](C)(C)C=COC. The maximum atomic E-state index is 5.78. The van der Waals surface area contributed by atoms with Crippen LogP contribution in [0.15, 0.2) is 23.3 Å². The van der Waals surface area contributed by atoms with Crippen molar-refractivity contribution in [3.63, 3.8) is 0 Å². The molecule has 0 radical (unpaired) electrons. The summed E-state index contributed by atoms with van der Waals surface area (Å²) in [6, 6.07) is 0. The minimum Gasteiger partial charge on any atom is -0.505 e. The quantitative estimate of drug-likeness (QED) is 0.458. The summed E-state index contributed by atoms with van der Waals surface area (Å²) in [6.07, 6.45) is 1.78. The Bertz CT molecular complexity index is 293. The van der Waals surface area contributed by atoms with E-state index in [1.165, 1.54) is 0 Å². The molecule has 0 aliphatic heterocycles. The van der Waals surface area contributed by atoms with Crippen molar-refractivity contribution < 1.29 is 18.9 Å². The molecule has 6 heteroatoms. The van der Waals surface area contributed by atoms with Crippen LogP contribution in [0.1, 0.15) is 20.8 Å². The minimum absolute atomic E-state index is 0.587. The average Bonchev–Trinajstić information content (AvgIpc) is 2.35. The molecule has 0 aromatic carbocycles. The van der Waals surface area contributed by atoms with E-state index in [0.29, 0.717) is 25.8 Å². The summed E-state index contributed by atoms with van der Waals surface area (Å²) in [5.74, 6) is 0.588. The Hall–Kier alpha value is -0.886. The van der Waals surface area contributed by atoms with Crippen LogP contribution in [0.2, 0.25) is 13.1 Å². The van der Waals surface area contributed by atoms with E-state index in [9.17, 15) is 0 Å². The van der Waals surface area contributed by atoms with Crippen molar-refractivity contribution in [3.05, 3.63) is 23.3 Å². The molecule has 0 saturated heterocycles. The molecule has 0 saturated carbocycles. The van der Waals surface area contributed by atoms with Crippen LogP contribution in [-0.4, -0.2) is 43.6 Å². The zero-order valence-electron chi connectivity index (χ0n) is 13.1. The molecule has 0 aliphatic rings. The lowest BCUT2D eigenvalue weighted by Crippen LogP contribution is -2.35. The second kappa shape index (κ2) is 9.97. The molecule has 0 N–H and O–H groups in total. The van der Waals surface area contributed by atoms with Crippen molar-refractivity contribution in [1.29, 1.82) is 0 Å². The molecule has 0 unspecified atom stereocenters. The lowest BCUT2D eigenvalue weighted by atomic mass is 10.8. The fraction of sp³-hybridized carbons (Fsp3) is 0.692. The smallest absolute Gasteiger partial charge is 0.312 e. The minimum atomic E-state index is -1.45. The highest BCUT2D eigenvalue weighted by molar-refractivity contribution is 7.28. The van der Waals surface area contributed by atoms with Crippen LogP contribution >= 0.6 is 0 Å². The van der Waals surface area contributed by atoms with Gasteiger partial charge in [0.2, 0.25) is 0 Å². The van der Waals surface area contributed by atoms with Gasteiger partial charge in [-0.05, 0) is 20.8 Å². The van der Waals surface area contributed by atoms with E-state index in [0.717, 1.165) is 5.38 Å². The number of hydrogen-bond donors (Lipinski definition) is 0. The normalized spacial score (nSPS) is 11.9. The highest BCUT2D eigenvalue weighted by atomic mass is 29.2. The van der Waals surface area contributed by atoms with Crippen molar-refractivity contribution in [2.45, 2.75) is 33.9 Å². The highest BCUT2D eigenvalue weighted by Gasteiger charge is 2.25. The van der Waals surface area contributed by atoms with Gasteiger partial charge >= 0.3 is 5.95 Å². The molecule has 0 rings (SSSR count). The average molecular weight is 305 g/mol. The summed E-state index contributed by atoms with van der Waals surface area (Å²) in [5.41, 5.74) is 2.20. The maximum absolute atomic E-state index is 5.78. The van der Waals surface area contributed by atoms with Gasteiger partial charge in [-0.15, -0.1) is 0 Å². The van der Waals surface area contributed by atoms with Gasteiger partial charge in [-0.25, -0.2) is 0 Å². The fourth-order valence-electron chi connectivity index (χ4n) is 1.55. The van der Waals surface area contributed by atoms with Crippen LogP contribution in [0.3, 0.4) is 0 Å². The Morgan fingerprint density at radius 1 is 1.00 bits per heavy atom. The van der Waals surface area contributed by atoms with E-state index in [4.69, 9.17) is 18.9 Å². The number of rotatable bonds is 10. The number of ether oxygens (including phenoxy) is 4. The molecule has 0 heterocycles. The van der Waals surface area contributed by atoms with E-state index in [2.05, 4.69) is 18.8 Å². The molecule has 0 aliphatic carbocycles. The zero-order chi connectivity index (χ0) is 14.7. The Morgan fingerprint density at radius 3 is 1.95 bits per heavy atom. The predicted octanol–water partition coefficient (Wildman–Crippen LogP) is 2.30. The van der Waals surface area contributed by atoms with E-state index < -0.39 is 16.6 Å². The van der Waals surface area contributed by atoms with Crippen molar-refractivity contribution in [1.82, 2.24) is 0 Å². The molecular weight excluding hydrogens is 276 g/mol. The standard InChI is InChI=1S/C13H28O4Si2/c1-7-15-12(16-8-2)13(17-9-3)18-19(5,6)11-10-14-4/h10-11H,7-9,18H2,1-6H3. The first-order valence-electron chi connectivity index (χ1n) is 6.82. The molecule has 19 heavy (non-hydrogen) atoms. The third kappa shape index (κ3) is 7.99. The first-order valence-corrected chi connectivity index (χ1v) is 12.9. The topological polar surface area (TPSA) is 36.9 Å². The second-order valence-electron chi connectivity index (χ2n) is 4.71. The molecule has 0 aromatic heterocycles. The summed E-state index contributed by atoms with van der Waals surface area (Å²) in [4.78, 5) is 0. The summed E-state index contributed by atoms with van der Waals surface area (Å²) < 4.78 is 22.0. The molecule has 0 atom stereocenters. The summed E-state index contributed by atoms with van der Waals surface area (Å²) >= 11 is 0. The van der Waals surface area contributed by atoms with E-state index in [1.54, 1.807) is 13.4 Å². The van der Waals surface area contributed by atoms with Crippen LogP contribution in [0.4, 0.5) is 0 Å². The molecule has 112 valence electrons. The van der Waals surface area contributed by atoms with Crippen LogP contribution in [0, 0.1) is 0 Å². The number of methoxy groups -OCH3 is 1. The Kier molecular flexibility index (Phi) is 9.50. The molecule has 4 nitrogen and oxygen atoms in total. The van der Waals surface area contributed by atoms with Gasteiger partial charge in [-0.1, -0.05) is 18.8 Å². The van der Waals surface area contributed by atoms with Gasteiger partial charge in [0.1, 0.15) is 14.4 Å². The van der Waals surface area contributed by atoms with Crippen molar-refractivity contribution in [2.24, 2.45) is 0 Å². The maximum Gasteiger partial charge on any atom is 0.312 e.